The van der Waals surface area contributed by atoms with Crippen molar-refractivity contribution in [1.29, 1.82) is 0 Å². The van der Waals surface area contributed by atoms with Crippen LogP contribution in [0.3, 0.4) is 0 Å². The fourth-order valence-electron chi connectivity index (χ4n) is 3.34. The Kier molecular flexibility index (Phi) is 4.77. The highest BCUT2D eigenvalue weighted by Gasteiger charge is 2.34. The van der Waals surface area contributed by atoms with Gasteiger partial charge in [-0.1, -0.05) is 12.2 Å². The summed E-state index contributed by atoms with van der Waals surface area (Å²) in [4.78, 5) is 18.4. The van der Waals surface area contributed by atoms with Crippen LogP contribution in [0.1, 0.15) is 18.5 Å². The third-order valence-electron chi connectivity index (χ3n) is 4.66. The van der Waals surface area contributed by atoms with E-state index in [-0.39, 0.29) is 6.03 Å². The number of ether oxygens (including phenoxy) is 1. The van der Waals surface area contributed by atoms with E-state index in [4.69, 9.17) is 4.74 Å². The molecule has 0 saturated carbocycles. The summed E-state index contributed by atoms with van der Waals surface area (Å²) < 4.78 is 7.09. The van der Waals surface area contributed by atoms with Crippen LogP contribution in [0.15, 0.2) is 24.7 Å². The molecule has 2 amide bonds. The fourth-order valence-corrected chi connectivity index (χ4v) is 3.34. The van der Waals surface area contributed by atoms with E-state index in [0.717, 1.165) is 38.2 Å². The second kappa shape index (κ2) is 6.96. The maximum atomic E-state index is 12.3. The van der Waals surface area contributed by atoms with Crippen LogP contribution in [0.5, 0.6) is 0 Å². The van der Waals surface area contributed by atoms with Crippen molar-refractivity contribution in [3.8, 4) is 0 Å². The molecule has 22 heavy (non-hydrogen) atoms. The van der Waals surface area contributed by atoms with Gasteiger partial charge in [0.15, 0.2) is 0 Å². The number of urea groups is 1. The average molecular weight is 304 g/mol. The van der Waals surface area contributed by atoms with E-state index < -0.39 is 0 Å². The number of nitrogens with one attached hydrogen (secondary N) is 1. The van der Waals surface area contributed by atoms with Crippen LogP contribution in [0, 0.1) is 11.8 Å². The first-order valence-electron chi connectivity index (χ1n) is 7.93. The summed E-state index contributed by atoms with van der Waals surface area (Å²) in [5, 5.41) is 3.02. The molecule has 0 spiro atoms. The van der Waals surface area contributed by atoms with E-state index in [1.807, 2.05) is 9.47 Å². The molecule has 6 nitrogen and oxygen atoms in total. The molecule has 0 bridgehead atoms. The van der Waals surface area contributed by atoms with Gasteiger partial charge in [-0.15, -0.1) is 0 Å². The molecule has 3 rings (SSSR count). The zero-order valence-electron chi connectivity index (χ0n) is 13.1. The van der Waals surface area contributed by atoms with Crippen LogP contribution < -0.4 is 5.32 Å². The first-order valence-corrected chi connectivity index (χ1v) is 7.93. The summed E-state index contributed by atoms with van der Waals surface area (Å²) in [5.74, 6) is 1.28. The zero-order chi connectivity index (χ0) is 15.4. The quantitative estimate of drug-likeness (QED) is 0.841. The summed E-state index contributed by atoms with van der Waals surface area (Å²) in [7, 11) is 1.68. The van der Waals surface area contributed by atoms with E-state index in [9.17, 15) is 4.79 Å². The Balaban J connectivity index is 1.50. The number of fused-ring (bicyclic) bond motifs is 1. The van der Waals surface area contributed by atoms with Crippen LogP contribution in [0.4, 0.5) is 4.79 Å². The molecule has 0 unspecified atom stereocenters. The number of amides is 2. The maximum Gasteiger partial charge on any atom is 0.317 e. The van der Waals surface area contributed by atoms with E-state index in [1.165, 1.54) is 0 Å². The molecule has 1 aromatic heterocycles. The molecule has 6 heteroatoms. The number of nitrogens with zero attached hydrogens (tertiary/aromatic N) is 3. The van der Waals surface area contributed by atoms with Crippen LogP contribution in [0.2, 0.25) is 0 Å². The van der Waals surface area contributed by atoms with Gasteiger partial charge in [0.05, 0.1) is 25.2 Å². The van der Waals surface area contributed by atoms with E-state index in [0.29, 0.717) is 25.0 Å². The Hall–Kier alpha value is -1.82. The number of likely N-dealkylation sites (tertiary alicyclic amines) is 1. The predicted molar refractivity (Wildman–Crippen MR) is 83.3 cm³/mol. The highest BCUT2D eigenvalue weighted by molar-refractivity contribution is 5.74. The van der Waals surface area contributed by atoms with Crippen LogP contribution in [0.25, 0.3) is 0 Å². The minimum absolute atomic E-state index is 0.0360. The fraction of sp³-hybridized carbons (Fsp3) is 0.625. The van der Waals surface area contributed by atoms with Crippen molar-refractivity contribution >= 4 is 6.03 Å². The van der Waals surface area contributed by atoms with Gasteiger partial charge < -0.3 is 19.5 Å². The van der Waals surface area contributed by atoms with Crippen molar-refractivity contribution < 1.29 is 9.53 Å². The standard InChI is InChI=1S/C16H24N4O2/c1-22-7-6-19-12-17-8-15(19)9-18-16(21)20-10-13-4-2-3-5-14(13)11-20/h2-3,8,12-14H,4-7,9-11H2,1H3,(H,18,21)/t13-,14+. The Bertz CT molecular complexity index is 524. The van der Waals surface area contributed by atoms with E-state index in [2.05, 4.69) is 22.5 Å². The predicted octanol–water partition coefficient (Wildman–Crippen LogP) is 1.64. The maximum absolute atomic E-state index is 12.3. The van der Waals surface area contributed by atoms with Crippen molar-refractivity contribution in [3.63, 3.8) is 0 Å². The van der Waals surface area contributed by atoms with Crippen molar-refractivity contribution in [2.75, 3.05) is 26.8 Å². The number of hydrogen-bond donors (Lipinski definition) is 1. The van der Waals surface area contributed by atoms with Gasteiger partial charge in [-0.3, -0.25) is 0 Å². The Morgan fingerprint density at radius 3 is 2.77 bits per heavy atom. The highest BCUT2D eigenvalue weighted by atomic mass is 16.5. The number of rotatable bonds is 5. The van der Waals surface area contributed by atoms with Crippen molar-refractivity contribution in [2.24, 2.45) is 11.8 Å². The van der Waals surface area contributed by atoms with E-state index >= 15 is 0 Å². The molecular formula is C16H24N4O2. The molecule has 0 aromatic carbocycles. The minimum Gasteiger partial charge on any atom is -0.383 e. The highest BCUT2D eigenvalue weighted by Crippen LogP contribution is 2.32. The van der Waals surface area contributed by atoms with Crippen molar-refractivity contribution in [2.45, 2.75) is 25.9 Å². The summed E-state index contributed by atoms with van der Waals surface area (Å²) in [6.07, 6.45) is 10.3. The average Bonchev–Trinajstić information content (AvgIpc) is 3.16. The molecule has 2 heterocycles. The van der Waals surface area contributed by atoms with Gasteiger partial charge in [0.2, 0.25) is 0 Å². The van der Waals surface area contributed by atoms with Crippen LogP contribution >= 0.6 is 0 Å². The van der Waals surface area contributed by atoms with Gasteiger partial charge in [-0.05, 0) is 24.7 Å². The molecule has 1 N–H and O–H groups in total. The molecule has 0 radical (unpaired) electrons. The Labute approximate surface area is 131 Å². The number of allylic oxidation sites excluding steroid dienone is 2. The SMILES string of the molecule is COCCn1cncc1CNC(=O)N1C[C@H]2CC=CC[C@H]2C1. The monoisotopic (exact) mass is 304 g/mol. The lowest BCUT2D eigenvalue weighted by atomic mass is 9.86. The summed E-state index contributed by atoms with van der Waals surface area (Å²) in [6, 6.07) is 0.0360. The van der Waals surface area contributed by atoms with Gasteiger partial charge in [0, 0.05) is 32.9 Å². The first kappa shape index (κ1) is 15.1. The van der Waals surface area contributed by atoms with Crippen LogP contribution in [-0.4, -0.2) is 47.3 Å². The molecule has 1 aliphatic heterocycles. The summed E-state index contributed by atoms with van der Waals surface area (Å²) in [6.45, 7) is 3.65. The lowest BCUT2D eigenvalue weighted by Gasteiger charge is -2.17. The molecule has 1 saturated heterocycles. The smallest absolute Gasteiger partial charge is 0.317 e. The van der Waals surface area contributed by atoms with E-state index in [1.54, 1.807) is 19.6 Å². The van der Waals surface area contributed by atoms with Crippen molar-refractivity contribution in [1.82, 2.24) is 19.8 Å². The van der Waals surface area contributed by atoms with Gasteiger partial charge >= 0.3 is 6.03 Å². The Morgan fingerprint density at radius 1 is 1.36 bits per heavy atom. The number of hydrogen-bond acceptors (Lipinski definition) is 3. The van der Waals surface area contributed by atoms with Gasteiger partial charge in [0.1, 0.15) is 0 Å². The lowest BCUT2D eigenvalue weighted by molar-refractivity contribution is 0.186. The largest absolute Gasteiger partial charge is 0.383 e. The zero-order valence-corrected chi connectivity index (χ0v) is 13.1. The second-order valence-electron chi connectivity index (χ2n) is 6.10. The molecule has 1 fully saturated rings. The third kappa shape index (κ3) is 3.32. The molecule has 1 aliphatic carbocycles. The molecule has 2 aliphatic rings. The normalized spacial score (nSPS) is 23.6. The topological polar surface area (TPSA) is 59.4 Å². The number of aromatic nitrogens is 2. The molecule has 1 aromatic rings. The van der Waals surface area contributed by atoms with Crippen molar-refractivity contribution in [3.05, 3.63) is 30.4 Å². The third-order valence-corrected chi connectivity index (χ3v) is 4.66. The molecular weight excluding hydrogens is 280 g/mol. The number of carbonyl (C=O) groups is 1. The number of carbonyl (C=O) groups excluding carboxylic acids is 1. The summed E-state index contributed by atoms with van der Waals surface area (Å²) in [5.41, 5.74) is 1.00. The minimum atomic E-state index is 0.0360. The second-order valence-corrected chi connectivity index (χ2v) is 6.10. The molecule has 2 atom stereocenters. The molecule has 120 valence electrons. The van der Waals surface area contributed by atoms with Gasteiger partial charge in [-0.2, -0.15) is 0 Å². The van der Waals surface area contributed by atoms with Crippen LogP contribution in [-0.2, 0) is 17.8 Å². The summed E-state index contributed by atoms with van der Waals surface area (Å²) >= 11 is 0. The van der Waals surface area contributed by atoms with Gasteiger partial charge in [-0.25, -0.2) is 9.78 Å². The first-order chi connectivity index (χ1) is 10.8. The number of methoxy groups -OCH3 is 1. The number of imidazole rings is 1. The lowest BCUT2D eigenvalue weighted by Crippen LogP contribution is -2.38. The Morgan fingerprint density at radius 2 is 2.09 bits per heavy atom. The van der Waals surface area contributed by atoms with Gasteiger partial charge in [0.25, 0.3) is 0 Å².